The lowest BCUT2D eigenvalue weighted by Gasteiger charge is -2.30. The van der Waals surface area contributed by atoms with Crippen LogP contribution in [-0.2, 0) is 14.9 Å². The van der Waals surface area contributed by atoms with Crippen LogP contribution in [0.4, 0.5) is 0 Å². The van der Waals surface area contributed by atoms with Gasteiger partial charge in [0.1, 0.15) is 11.5 Å². The van der Waals surface area contributed by atoms with Crippen LogP contribution in [-0.4, -0.2) is 20.9 Å². The van der Waals surface area contributed by atoms with E-state index < -0.39 is 19.4 Å². The first kappa shape index (κ1) is 18.3. The van der Waals surface area contributed by atoms with Crippen LogP contribution in [0.3, 0.4) is 0 Å². The number of phenols is 1. The zero-order chi connectivity index (χ0) is 19.9. The van der Waals surface area contributed by atoms with Gasteiger partial charge in [-0.05, 0) is 30.3 Å². The topological polar surface area (TPSA) is 113 Å². The molecule has 1 aliphatic rings. The quantitative estimate of drug-likeness (QED) is 0.456. The average Bonchev–Trinajstić information content (AvgIpc) is 2.96. The van der Waals surface area contributed by atoms with E-state index in [1.165, 1.54) is 24.3 Å². The second-order valence-corrected chi connectivity index (χ2v) is 7.43. The van der Waals surface area contributed by atoms with Crippen molar-refractivity contribution in [1.29, 1.82) is 0 Å². The summed E-state index contributed by atoms with van der Waals surface area (Å²) in [4.78, 5) is 30.5. The fraction of sp³-hybridized carbons (Fsp3) is 0.0500. The van der Waals surface area contributed by atoms with Gasteiger partial charge in [0.25, 0.3) is 0 Å². The molecule has 28 heavy (non-hydrogen) atoms. The Kier molecular flexibility index (Phi) is 4.23. The number of carbonyl (C=O) groups is 1. The van der Waals surface area contributed by atoms with Gasteiger partial charge in [0, 0.05) is 16.7 Å². The normalized spacial score (nSPS) is 18.4. The van der Waals surface area contributed by atoms with Crippen LogP contribution in [0.5, 0.6) is 11.5 Å². The first-order valence-corrected chi connectivity index (χ1v) is 9.81. The number of benzene rings is 3. The molecule has 0 saturated carbocycles. The minimum Gasteiger partial charge on any atom is -0.508 e. The van der Waals surface area contributed by atoms with Crippen LogP contribution in [0.15, 0.2) is 72.8 Å². The molecule has 142 valence electrons. The number of phenolic OH excluding ortho intramolecular Hbond substituents is 1. The van der Waals surface area contributed by atoms with Crippen LogP contribution in [0.25, 0.3) is 0 Å². The van der Waals surface area contributed by atoms with Crippen molar-refractivity contribution in [3.63, 3.8) is 0 Å². The second-order valence-electron chi connectivity index (χ2n) is 6.27. The minimum atomic E-state index is -4.68. The second kappa shape index (κ2) is 6.49. The number of fused-ring (bicyclic) bond motifs is 1. The molecule has 0 fully saturated rings. The van der Waals surface area contributed by atoms with Crippen LogP contribution >= 0.6 is 7.82 Å². The molecule has 0 spiro atoms. The molecule has 1 aliphatic heterocycles. The summed E-state index contributed by atoms with van der Waals surface area (Å²) in [5.41, 5.74) is 0.976. The minimum absolute atomic E-state index is 0.0180. The summed E-state index contributed by atoms with van der Waals surface area (Å²) in [7, 11) is -4.68. The molecule has 0 amide bonds. The van der Waals surface area contributed by atoms with Gasteiger partial charge in [0.05, 0.1) is 5.56 Å². The highest BCUT2D eigenvalue weighted by Gasteiger charge is 2.48. The zero-order valence-corrected chi connectivity index (χ0v) is 15.2. The molecule has 3 aromatic rings. The first-order valence-electron chi connectivity index (χ1n) is 8.28. The largest absolute Gasteiger partial charge is 0.524 e. The van der Waals surface area contributed by atoms with Gasteiger partial charge in [-0.1, -0.05) is 42.5 Å². The van der Waals surface area contributed by atoms with Crippen molar-refractivity contribution in [3.8, 4) is 11.5 Å². The van der Waals surface area contributed by atoms with Gasteiger partial charge in [0.2, 0.25) is 0 Å². The first-order chi connectivity index (χ1) is 13.3. The van der Waals surface area contributed by atoms with Crippen molar-refractivity contribution in [2.45, 2.75) is 5.60 Å². The van der Waals surface area contributed by atoms with E-state index >= 15 is 0 Å². The molecular weight excluding hydrogens is 383 g/mol. The summed E-state index contributed by atoms with van der Waals surface area (Å²) in [5.74, 6) is -0.434. The van der Waals surface area contributed by atoms with E-state index in [1.54, 1.807) is 48.5 Å². The number of ether oxygens (including phenoxy) is 1. The maximum Gasteiger partial charge on any atom is 0.524 e. The summed E-state index contributed by atoms with van der Waals surface area (Å²) in [5, 5.41) is 9.65. The Balaban J connectivity index is 1.90. The van der Waals surface area contributed by atoms with Crippen molar-refractivity contribution in [2.24, 2.45) is 0 Å². The van der Waals surface area contributed by atoms with E-state index in [0.29, 0.717) is 22.3 Å². The Hall–Kier alpha value is -3.12. The number of aromatic hydroxyl groups is 1. The molecule has 1 heterocycles. The van der Waals surface area contributed by atoms with Crippen molar-refractivity contribution in [3.05, 3.63) is 95.1 Å². The SMILES string of the molecule is O=C1OC(c2ccc(O)cc2)(c2ccc(OP(=O)(O)O)cc2)c2ccccc21. The van der Waals surface area contributed by atoms with E-state index in [1.807, 2.05) is 0 Å². The van der Waals surface area contributed by atoms with Gasteiger partial charge >= 0.3 is 13.8 Å². The van der Waals surface area contributed by atoms with E-state index in [-0.39, 0.29) is 11.5 Å². The molecule has 0 bridgehead atoms. The van der Waals surface area contributed by atoms with Gasteiger partial charge in [-0.15, -0.1) is 0 Å². The third kappa shape index (κ3) is 3.05. The Morgan fingerprint density at radius 1 is 0.857 bits per heavy atom. The highest BCUT2D eigenvalue weighted by Crippen LogP contribution is 2.48. The average molecular weight is 398 g/mol. The Bertz CT molecular complexity index is 1090. The number of carbonyl (C=O) groups excluding carboxylic acids is 1. The van der Waals surface area contributed by atoms with Crippen LogP contribution < -0.4 is 4.52 Å². The summed E-state index contributed by atoms with van der Waals surface area (Å²) >= 11 is 0. The third-order valence-electron chi connectivity index (χ3n) is 4.53. The van der Waals surface area contributed by atoms with Gasteiger partial charge in [-0.25, -0.2) is 9.36 Å². The predicted molar refractivity (Wildman–Crippen MR) is 99.0 cm³/mol. The number of hydrogen-bond acceptors (Lipinski definition) is 5. The fourth-order valence-corrected chi connectivity index (χ4v) is 3.79. The predicted octanol–water partition coefficient (Wildman–Crippen LogP) is 3.33. The summed E-state index contributed by atoms with van der Waals surface area (Å²) < 4.78 is 21.5. The molecule has 8 heteroatoms. The van der Waals surface area contributed by atoms with Crippen molar-refractivity contribution >= 4 is 13.8 Å². The Morgan fingerprint density at radius 2 is 1.43 bits per heavy atom. The maximum atomic E-state index is 12.5. The smallest absolute Gasteiger partial charge is 0.508 e. The highest BCUT2D eigenvalue weighted by molar-refractivity contribution is 7.46. The van der Waals surface area contributed by atoms with Crippen molar-refractivity contribution < 1.29 is 33.5 Å². The van der Waals surface area contributed by atoms with E-state index in [2.05, 4.69) is 4.52 Å². The molecular formula is C20H15O7P. The molecule has 4 rings (SSSR count). The van der Waals surface area contributed by atoms with Crippen LogP contribution in [0.1, 0.15) is 27.0 Å². The third-order valence-corrected chi connectivity index (χ3v) is 4.98. The fourth-order valence-electron chi connectivity index (χ4n) is 3.40. The summed E-state index contributed by atoms with van der Waals surface area (Å²) in [6.07, 6.45) is 0. The molecule has 1 atom stereocenters. The molecule has 7 nitrogen and oxygen atoms in total. The molecule has 0 aromatic heterocycles. The standard InChI is InChI=1S/C20H15O7P/c21-15-9-5-13(6-10-15)20(18-4-2-1-3-17(18)19(22)26-20)14-7-11-16(12-8-14)27-28(23,24)25/h1-12,21H,(H2,23,24,25). The number of rotatable bonds is 4. The van der Waals surface area contributed by atoms with E-state index in [0.717, 1.165) is 0 Å². The number of esters is 1. The summed E-state index contributed by atoms with van der Waals surface area (Å²) in [6.45, 7) is 0. The molecule has 3 aromatic carbocycles. The molecule has 0 saturated heterocycles. The lowest BCUT2D eigenvalue weighted by molar-refractivity contribution is 0.0251. The molecule has 3 N–H and O–H groups in total. The van der Waals surface area contributed by atoms with Gasteiger partial charge in [-0.3, -0.25) is 9.79 Å². The number of phosphoric ester groups is 1. The number of hydrogen-bond donors (Lipinski definition) is 3. The number of phosphoric acid groups is 1. The highest BCUT2D eigenvalue weighted by atomic mass is 31.2. The molecule has 0 radical (unpaired) electrons. The van der Waals surface area contributed by atoms with Crippen molar-refractivity contribution in [1.82, 2.24) is 0 Å². The maximum absolute atomic E-state index is 12.5. The lowest BCUT2D eigenvalue weighted by Crippen LogP contribution is -2.29. The van der Waals surface area contributed by atoms with Crippen LogP contribution in [0.2, 0.25) is 0 Å². The number of cyclic esters (lactones) is 1. The van der Waals surface area contributed by atoms with Crippen molar-refractivity contribution in [2.75, 3.05) is 0 Å². The molecule has 1 unspecified atom stereocenters. The summed E-state index contributed by atoms with van der Waals surface area (Å²) in [6, 6.07) is 19.2. The molecule has 0 aliphatic carbocycles. The van der Waals surface area contributed by atoms with Gasteiger partial charge < -0.3 is 14.4 Å². The monoisotopic (exact) mass is 398 g/mol. The zero-order valence-electron chi connectivity index (χ0n) is 14.4. The van der Waals surface area contributed by atoms with E-state index in [4.69, 9.17) is 14.5 Å². The Labute approximate surface area is 160 Å². The van der Waals surface area contributed by atoms with E-state index in [9.17, 15) is 14.5 Å². The van der Waals surface area contributed by atoms with Gasteiger partial charge in [-0.2, -0.15) is 0 Å². The Morgan fingerprint density at radius 3 is 2.04 bits per heavy atom. The van der Waals surface area contributed by atoms with Crippen LogP contribution in [0, 0.1) is 0 Å². The lowest BCUT2D eigenvalue weighted by atomic mass is 9.80. The van der Waals surface area contributed by atoms with Gasteiger partial charge in [0.15, 0.2) is 5.60 Å².